The van der Waals surface area contributed by atoms with Crippen molar-refractivity contribution in [3.8, 4) is 17.1 Å². The number of aryl methyl sites for hydroxylation is 2. The normalized spacial score (nSPS) is 15.7. The van der Waals surface area contributed by atoms with Gasteiger partial charge >= 0.3 is 0 Å². The zero-order valence-corrected chi connectivity index (χ0v) is 18.1. The van der Waals surface area contributed by atoms with Crippen LogP contribution in [0.1, 0.15) is 31.0 Å². The Hall–Kier alpha value is -3.48. The number of benzene rings is 1. The summed E-state index contributed by atoms with van der Waals surface area (Å²) in [5, 5.41) is 3.06. The molecular formula is C24H27N5O2. The van der Waals surface area contributed by atoms with E-state index in [-0.39, 0.29) is 11.9 Å². The molecule has 4 rings (SSSR count). The average Bonchev–Trinajstić information content (AvgIpc) is 3.30. The predicted molar refractivity (Wildman–Crippen MR) is 121 cm³/mol. The second kappa shape index (κ2) is 9.12. The standard InChI is InChI=1S/C24H27N5O2/c1-4-18-15-22(28-23(26-18)17-9-11-25-12-10-17)29-13-5-6-20(29)24(30)27-19-14-16(2)7-8-21(19)31-3/h7-12,14-15,20H,4-6,13H2,1-3H3,(H,27,30). The summed E-state index contributed by atoms with van der Waals surface area (Å²) in [6.45, 7) is 4.84. The lowest BCUT2D eigenvalue weighted by atomic mass is 10.1. The predicted octanol–water partition coefficient (Wildman–Crippen LogP) is 4.03. The number of carbonyl (C=O) groups excluding carboxylic acids is 1. The minimum Gasteiger partial charge on any atom is -0.495 e. The number of nitrogens with zero attached hydrogens (tertiary/aromatic N) is 4. The van der Waals surface area contributed by atoms with Gasteiger partial charge in [0.1, 0.15) is 17.6 Å². The van der Waals surface area contributed by atoms with Gasteiger partial charge in [-0.15, -0.1) is 0 Å². The molecule has 1 aliphatic rings. The molecule has 1 unspecified atom stereocenters. The van der Waals surface area contributed by atoms with E-state index in [1.165, 1.54) is 0 Å². The lowest BCUT2D eigenvalue weighted by Crippen LogP contribution is -2.40. The highest BCUT2D eigenvalue weighted by Crippen LogP contribution is 2.30. The number of amides is 1. The Labute approximate surface area is 182 Å². The molecule has 0 spiro atoms. The van der Waals surface area contributed by atoms with Gasteiger partial charge in [-0.1, -0.05) is 13.0 Å². The zero-order valence-electron chi connectivity index (χ0n) is 18.1. The Morgan fingerprint density at radius 1 is 1.19 bits per heavy atom. The van der Waals surface area contributed by atoms with Gasteiger partial charge in [-0.25, -0.2) is 9.97 Å². The fraction of sp³-hybridized carbons (Fsp3) is 0.333. The number of carbonyl (C=O) groups is 1. The lowest BCUT2D eigenvalue weighted by Gasteiger charge is -2.26. The van der Waals surface area contributed by atoms with Crippen molar-refractivity contribution in [3.63, 3.8) is 0 Å². The van der Waals surface area contributed by atoms with Crippen LogP contribution in [-0.4, -0.2) is 40.6 Å². The average molecular weight is 418 g/mol. The van der Waals surface area contributed by atoms with Crippen molar-refractivity contribution in [3.05, 3.63) is 60.0 Å². The van der Waals surface area contributed by atoms with E-state index >= 15 is 0 Å². The minimum absolute atomic E-state index is 0.0523. The number of rotatable bonds is 6. The lowest BCUT2D eigenvalue weighted by molar-refractivity contribution is -0.117. The Morgan fingerprint density at radius 2 is 2.00 bits per heavy atom. The topological polar surface area (TPSA) is 80.2 Å². The van der Waals surface area contributed by atoms with Gasteiger partial charge in [0, 0.05) is 36.3 Å². The van der Waals surface area contributed by atoms with E-state index in [0.29, 0.717) is 17.3 Å². The maximum atomic E-state index is 13.2. The summed E-state index contributed by atoms with van der Waals surface area (Å²) in [6, 6.07) is 11.3. The van der Waals surface area contributed by atoms with Crippen LogP contribution in [0.25, 0.3) is 11.4 Å². The first-order valence-electron chi connectivity index (χ1n) is 10.6. The molecule has 1 fully saturated rings. The molecule has 1 saturated heterocycles. The van der Waals surface area contributed by atoms with Crippen molar-refractivity contribution in [1.82, 2.24) is 15.0 Å². The third kappa shape index (κ3) is 4.50. The van der Waals surface area contributed by atoms with Crippen molar-refractivity contribution in [2.24, 2.45) is 0 Å². The number of hydrogen-bond acceptors (Lipinski definition) is 6. The first-order valence-corrected chi connectivity index (χ1v) is 10.6. The molecule has 1 aromatic carbocycles. The Balaban J connectivity index is 1.63. The highest BCUT2D eigenvalue weighted by Gasteiger charge is 2.32. The van der Waals surface area contributed by atoms with Gasteiger partial charge in [-0.3, -0.25) is 9.78 Å². The zero-order chi connectivity index (χ0) is 21.8. The van der Waals surface area contributed by atoms with Crippen LogP contribution in [0.2, 0.25) is 0 Å². The highest BCUT2D eigenvalue weighted by atomic mass is 16.5. The van der Waals surface area contributed by atoms with Crippen molar-refractivity contribution in [2.45, 2.75) is 39.2 Å². The summed E-state index contributed by atoms with van der Waals surface area (Å²) in [6.07, 6.45) is 5.96. The first-order chi connectivity index (χ1) is 15.1. The molecule has 1 amide bonds. The fourth-order valence-electron chi connectivity index (χ4n) is 3.89. The quantitative estimate of drug-likeness (QED) is 0.652. The summed E-state index contributed by atoms with van der Waals surface area (Å²) in [5.74, 6) is 2.04. The Kier molecular flexibility index (Phi) is 6.11. The molecule has 0 saturated carbocycles. The van der Waals surface area contributed by atoms with E-state index < -0.39 is 0 Å². The summed E-state index contributed by atoms with van der Waals surface area (Å²) in [5.41, 5.74) is 3.61. The molecule has 3 heterocycles. The van der Waals surface area contributed by atoms with Crippen LogP contribution in [0.4, 0.5) is 11.5 Å². The molecule has 7 heteroatoms. The molecule has 1 aliphatic heterocycles. The molecule has 3 aromatic rings. The molecule has 0 aliphatic carbocycles. The van der Waals surface area contributed by atoms with Crippen LogP contribution in [0.15, 0.2) is 48.8 Å². The van der Waals surface area contributed by atoms with Crippen molar-refractivity contribution in [1.29, 1.82) is 0 Å². The SMILES string of the molecule is CCc1cc(N2CCCC2C(=O)Nc2cc(C)ccc2OC)nc(-c2ccncc2)n1. The Morgan fingerprint density at radius 3 is 2.74 bits per heavy atom. The minimum atomic E-state index is -0.296. The van der Waals surface area contributed by atoms with Gasteiger partial charge in [-0.2, -0.15) is 0 Å². The third-order valence-corrected chi connectivity index (χ3v) is 5.53. The van der Waals surface area contributed by atoms with Crippen molar-refractivity contribution < 1.29 is 9.53 Å². The molecule has 2 aromatic heterocycles. The van der Waals surface area contributed by atoms with E-state index in [1.54, 1.807) is 19.5 Å². The first kappa shape index (κ1) is 20.8. The van der Waals surface area contributed by atoms with Gasteiger partial charge in [0.05, 0.1) is 12.8 Å². The summed E-state index contributed by atoms with van der Waals surface area (Å²) in [7, 11) is 1.61. The van der Waals surface area contributed by atoms with Gasteiger partial charge in [0.15, 0.2) is 5.82 Å². The molecular weight excluding hydrogens is 390 g/mol. The van der Waals surface area contributed by atoms with Crippen LogP contribution < -0.4 is 15.0 Å². The summed E-state index contributed by atoms with van der Waals surface area (Å²) in [4.78, 5) is 28.9. The van der Waals surface area contributed by atoms with Crippen molar-refractivity contribution >= 4 is 17.4 Å². The number of hydrogen-bond donors (Lipinski definition) is 1. The molecule has 0 radical (unpaired) electrons. The van der Waals surface area contributed by atoms with E-state index in [4.69, 9.17) is 9.72 Å². The summed E-state index contributed by atoms with van der Waals surface area (Å²) >= 11 is 0. The monoisotopic (exact) mass is 417 g/mol. The Bertz CT molecular complexity index is 1070. The molecule has 31 heavy (non-hydrogen) atoms. The van der Waals surface area contributed by atoms with Gasteiger partial charge < -0.3 is 15.0 Å². The number of aromatic nitrogens is 3. The van der Waals surface area contributed by atoms with Crippen LogP contribution in [0.5, 0.6) is 5.75 Å². The second-order valence-corrected chi connectivity index (χ2v) is 7.67. The number of methoxy groups -OCH3 is 1. The van der Waals surface area contributed by atoms with Gasteiger partial charge in [-0.05, 0) is 56.0 Å². The van der Waals surface area contributed by atoms with E-state index in [1.807, 2.05) is 43.3 Å². The molecule has 1 atom stereocenters. The molecule has 160 valence electrons. The number of ether oxygens (including phenoxy) is 1. The van der Waals surface area contributed by atoms with Crippen molar-refractivity contribution in [2.75, 3.05) is 23.9 Å². The molecule has 0 bridgehead atoms. The van der Waals surface area contributed by atoms with Gasteiger partial charge in [0.2, 0.25) is 5.91 Å². The van der Waals surface area contributed by atoms with Crippen LogP contribution >= 0.6 is 0 Å². The maximum Gasteiger partial charge on any atom is 0.247 e. The van der Waals surface area contributed by atoms with E-state index in [0.717, 1.165) is 48.4 Å². The van der Waals surface area contributed by atoms with E-state index in [2.05, 4.69) is 27.1 Å². The van der Waals surface area contributed by atoms with Crippen LogP contribution in [0.3, 0.4) is 0 Å². The van der Waals surface area contributed by atoms with Crippen LogP contribution in [-0.2, 0) is 11.2 Å². The highest BCUT2D eigenvalue weighted by molar-refractivity contribution is 5.98. The second-order valence-electron chi connectivity index (χ2n) is 7.67. The maximum absolute atomic E-state index is 13.2. The number of anilines is 2. The van der Waals surface area contributed by atoms with E-state index in [9.17, 15) is 4.79 Å². The number of nitrogens with one attached hydrogen (secondary N) is 1. The van der Waals surface area contributed by atoms with Crippen LogP contribution in [0, 0.1) is 6.92 Å². The third-order valence-electron chi connectivity index (χ3n) is 5.53. The van der Waals surface area contributed by atoms with Gasteiger partial charge in [0.25, 0.3) is 0 Å². The molecule has 7 nitrogen and oxygen atoms in total. The smallest absolute Gasteiger partial charge is 0.247 e. The number of pyridine rings is 1. The molecule has 1 N–H and O–H groups in total. The fourth-order valence-corrected chi connectivity index (χ4v) is 3.89. The summed E-state index contributed by atoms with van der Waals surface area (Å²) < 4.78 is 5.42. The largest absolute Gasteiger partial charge is 0.495 e.